The molecule has 21 heavy (non-hydrogen) atoms. The van der Waals surface area contributed by atoms with Gasteiger partial charge in [0.1, 0.15) is 5.82 Å². The van der Waals surface area contributed by atoms with Crippen molar-refractivity contribution < 1.29 is 9.31 Å². The SMILES string of the molecule is Nc1n[nH]c(-c2ccc([N+](=O)[O-])cc2F)c1-c1cccs1. The van der Waals surface area contributed by atoms with Gasteiger partial charge in [0.15, 0.2) is 5.82 Å². The van der Waals surface area contributed by atoms with Crippen molar-refractivity contribution in [1.82, 2.24) is 10.2 Å². The maximum absolute atomic E-state index is 14.1. The van der Waals surface area contributed by atoms with Crippen LogP contribution < -0.4 is 5.73 Å². The molecule has 106 valence electrons. The fraction of sp³-hybridized carbons (Fsp3) is 0. The summed E-state index contributed by atoms with van der Waals surface area (Å²) in [6, 6.07) is 7.16. The van der Waals surface area contributed by atoms with Crippen LogP contribution in [0.25, 0.3) is 21.7 Å². The van der Waals surface area contributed by atoms with Crippen molar-refractivity contribution in [2.45, 2.75) is 0 Å². The molecule has 1 aromatic carbocycles. The van der Waals surface area contributed by atoms with Gasteiger partial charge in [-0.2, -0.15) is 5.10 Å². The predicted molar refractivity (Wildman–Crippen MR) is 78.4 cm³/mol. The van der Waals surface area contributed by atoms with Crippen LogP contribution in [0.4, 0.5) is 15.9 Å². The summed E-state index contributed by atoms with van der Waals surface area (Å²) in [5, 5.41) is 19.1. The molecule has 0 spiro atoms. The van der Waals surface area contributed by atoms with Crippen LogP contribution in [0, 0.1) is 15.9 Å². The zero-order chi connectivity index (χ0) is 15.0. The van der Waals surface area contributed by atoms with Crippen molar-refractivity contribution in [2.24, 2.45) is 0 Å². The molecule has 3 rings (SSSR count). The number of nitro benzene ring substituents is 1. The van der Waals surface area contributed by atoms with Gasteiger partial charge in [-0.25, -0.2) is 4.39 Å². The maximum Gasteiger partial charge on any atom is 0.272 e. The molecule has 0 saturated carbocycles. The van der Waals surface area contributed by atoms with Crippen molar-refractivity contribution in [3.63, 3.8) is 0 Å². The number of hydrogen-bond acceptors (Lipinski definition) is 5. The molecule has 0 aliphatic rings. The molecular weight excluding hydrogens is 295 g/mol. The highest BCUT2D eigenvalue weighted by Gasteiger charge is 2.20. The minimum atomic E-state index is -0.703. The Morgan fingerprint density at radius 3 is 2.81 bits per heavy atom. The number of nitro groups is 1. The van der Waals surface area contributed by atoms with Gasteiger partial charge in [0.05, 0.1) is 22.2 Å². The van der Waals surface area contributed by atoms with Gasteiger partial charge in [-0.05, 0) is 17.5 Å². The highest BCUT2D eigenvalue weighted by molar-refractivity contribution is 7.13. The average Bonchev–Trinajstić information content (AvgIpc) is 3.07. The van der Waals surface area contributed by atoms with Gasteiger partial charge in [0.25, 0.3) is 5.69 Å². The molecule has 3 N–H and O–H groups in total. The lowest BCUT2D eigenvalue weighted by Crippen LogP contribution is -1.92. The first-order valence-electron chi connectivity index (χ1n) is 5.90. The third-order valence-corrected chi connectivity index (χ3v) is 3.88. The van der Waals surface area contributed by atoms with E-state index >= 15 is 0 Å². The number of H-pyrrole nitrogens is 1. The molecule has 0 amide bonds. The van der Waals surface area contributed by atoms with Crippen LogP contribution in [-0.2, 0) is 0 Å². The number of thiophene rings is 1. The smallest absolute Gasteiger partial charge is 0.272 e. The lowest BCUT2D eigenvalue weighted by atomic mass is 10.1. The zero-order valence-electron chi connectivity index (χ0n) is 10.5. The van der Waals surface area contributed by atoms with Gasteiger partial charge in [-0.1, -0.05) is 6.07 Å². The van der Waals surface area contributed by atoms with E-state index in [1.807, 2.05) is 17.5 Å². The van der Waals surface area contributed by atoms with Gasteiger partial charge in [0.2, 0.25) is 0 Å². The van der Waals surface area contributed by atoms with Crippen molar-refractivity contribution in [3.8, 4) is 21.7 Å². The second kappa shape index (κ2) is 4.98. The van der Waals surface area contributed by atoms with Crippen LogP contribution in [0.1, 0.15) is 0 Å². The van der Waals surface area contributed by atoms with E-state index in [-0.39, 0.29) is 17.1 Å². The molecule has 3 aromatic rings. The number of nitrogens with one attached hydrogen (secondary N) is 1. The second-order valence-corrected chi connectivity index (χ2v) is 5.21. The van der Waals surface area contributed by atoms with E-state index in [2.05, 4.69) is 10.2 Å². The quantitative estimate of drug-likeness (QED) is 0.572. The first kappa shape index (κ1) is 13.3. The minimum absolute atomic E-state index is 0.188. The fourth-order valence-corrected chi connectivity index (χ4v) is 2.83. The Morgan fingerprint density at radius 2 is 2.19 bits per heavy atom. The van der Waals surface area contributed by atoms with E-state index in [0.717, 1.165) is 10.9 Å². The third-order valence-electron chi connectivity index (χ3n) is 2.99. The lowest BCUT2D eigenvalue weighted by molar-refractivity contribution is -0.385. The Morgan fingerprint density at radius 1 is 1.38 bits per heavy atom. The number of halogens is 1. The molecular formula is C13H9FN4O2S. The number of nitrogen functional groups attached to an aromatic ring is 1. The topological polar surface area (TPSA) is 97.8 Å². The summed E-state index contributed by atoms with van der Waals surface area (Å²) in [5.74, 6) is -0.448. The normalized spacial score (nSPS) is 10.7. The monoisotopic (exact) mass is 304 g/mol. The summed E-state index contributed by atoms with van der Waals surface area (Å²) in [5.41, 5.74) is 6.72. The van der Waals surface area contributed by atoms with Crippen LogP contribution in [0.2, 0.25) is 0 Å². The number of benzene rings is 1. The molecule has 0 fully saturated rings. The summed E-state index contributed by atoms with van der Waals surface area (Å²) in [4.78, 5) is 10.9. The first-order chi connectivity index (χ1) is 10.1. The van der Waals surface area contributed by atoms with Crippen molar-refractivity contribution in [2.75, 3.05) is 5.73 Å². The summed E-state index contributed by atoms with van der Waals surface area (Å²) >= 11 is 1.45. The van der Waals surface area contributed by atoms with Gasteiger partial charge in [-0.3, -0.25) is 15.2 Å². The lowest BCUT2D eigenvalue weighted by Gasteiger charge is -2.04. The molecule has 0 atom stereocenters. The van der Waals surface area contributed by atoms with Crippen LogP contribution >= 0.6 is 11.3 Å². The van der Waals surface area contributed by atoms with Gasteiger partial charge in [0, 0.05) is 16.5 Å². The third kappa shape index (κ3) is 2.25. The molecule has 0 bridgehead atoms. The van der Waals surface area contributed by atoms with Crippen molar-refractivity contribution in [1.29, 1.82) is 0 Å². The number of non-ortho nitro benzene ring substituents is 1. The zero-order valence-corrected chi connectivity index (χ0v) is 11.4. The number of aromatic amines is 1. The molecule has 6 nitrogen and oxygen atoms in total. The molecule has 0 saturated heterocycles. The van der Waals surface area contributed by atoms with E-state index in [0.29, 0.717) is 11.3 Å². The van der Waals surface area contributed by atoms with Gasteiger partial charge in [-0.15, -0.1) is 11.3 Å². The van der Waals surface area contributed by atoms with E-state index in [1.54, 1.807) is 0 Å². The van der Waals surface area contributed by atoms with Crippen LogP contribution in [-0.4, -0.2) is 15.1 Å². The largest absolute Gasteiger partial charge is 0.382 e. The standard InChI is InChI=1S/C13H9FN4O2S/c14-9-6-7(18(19)20)3-4-8(9)12-11(13(15)17-16-12)10-2-1-5-21-10/h1-6H,(H3,15,16,17). The number of nitrogens with two attached hydrogens (primary N) is 1. The van der Waals surface area contributed by atoms with Crippen LogP contribution in [0.5, 0.6) is 0 Å². The van der Waals surface area contributed by atoms with Crippen LogP contribution in [0.15, 0.2) is 35.7 Å². The fourth-order valence-electron chi connectivity index (χ4n) is 2.04. The molecule has 8 heteroatoms. The summed E-state index contributed by atoms with van der Waals surface area (Å²) in [6.07, 6.45) is 0. The molecule has 0 aliphatic carbocycles. The number of anilines is 1. The molecule has 2 heterocycles. The predicted octanol–water partition coefficient (Wildman–Crippen LogP) is 3.43. The van der Waals surface area contributed by atoms with Gasteiger partial charge < -0.3 is 5.73 Å². The molecule has 0 unspecified atom stereocenters. The first-order valence-corrected chi connectivity index (χ1v) is 6.78. The molecule has 2 aromatic heterocycles. The second-order valence-electron chi connectivity index (χ2n) is 4.26. The summed E-state index contributed by atoms with van der Waals surface area (Å²) in [6.45, 7) is 0. The summed E-state index contributed by atoms with van der Waals surface area (Å²) < 4.78 is 14.1. The Labute approximate surface area is 122 Å². The Kier molecular flexibility index (Phi) is 3.15. The number of hydrogen-bond donors (Lipinski definition) is 2. The Hall–Kier alpha value is -2.74. The van der Waals surface area contributed by atoms with E-state index < -0.39 is 10.7 Å². The average molecular weight is 304 g/mol. The highest BCUT2D eigenvalue weighted by atomic mass is 32.1. The van der Waals surface area contributed by atoms with Crippen molar-refractivity contribution in [3.05, 3.63) is 51.6 Å². The highest BCUT2D eigenvalue weighted by Crippen LogP contribution is 2.38. The van der Waals surface area contributed by atoms with E-state index in [1.165, 1.54) is 23.5 Å². The molecule has 0 radical (unpaired) electrons. The van der Waals surface area contributed by atoms with Gasteiger partial charge >= 0.3 is 0 Å². The number of nitrogens with zero attached hydrogens (tertiary/aromatic N) is 2. The van der Waals surface area contributed by atoms with Crippen LogP contribution in [0.3, 0.4) is 0 Å². The van der Waals surface area contributed by atoms with E-state index in [4.69, 9.17) is 5.73 Å². The molecule has 0 aliphatic heterocycles. The number of aromatic nitrogens is 2. The number of rotatable bonds is 3. The van der Waals surface area contributed by atoms with Crippen molar-refractivity contribution >= 4 is 22.8 Å². The van der Waals surface area contributed by atoms with E-state index in [9.17, 15) is 14.5 Å². The summed E-state index contributed by atoms with van der Waals surface area (Å²) in [7, 11) is 0. The maximum atomic E-state index is 14.1. The minimum Gasteiger partial charge on any atom is -0.382 e. The Balaban J connectivity index is 2.16. The Bertz CT molecular complexity index is 814.